The van der Waals surface area contributed by atoms with Gasteiger partial charge in [-0.3, -0.25) is 4.79 Å². The molecule has 0 spiro atoms. The minimum atomic E-state index is -0.0264. The highest BCUT2D eigenvalue weighted by Gasteiger charge is 2.49. The number of halogens is 1. The zero-order chi connectivity index (χ0) is 18.9. The minimum absolute atomic E-state index is 0. The fourth-order valence-electron chi connectivity index (χ4n) is 2.66. The van der Waals surface area contributed by atoms with Crippen LogP contribution in [0, 0.1) is 5.41 Å². The van der Waals surface area contributed by atoms with E-state index in [9.17, 15) is 4.79 Å². The van der Waals surface area contributed by atoms with Gasteiger partial charge >= 0.3 is 0 Å². The number of rotatable bonds is 10. The average molecular weight is 484 g/mol. The summed E-state index contributed by atoms with van der Waals surface area (Å²) >= 11 is 0. The number of nitrogens with zero attached hydrogens (tertiary/aromatic N) is 2. The number of carbonyl (C=O) groups excluding carboxylic acids is 1. The first-order chi connectivity index (χ1) is 11.8. The fourth-order valence-corrected chi connectivity index (χ4v) is 2.66. The molecule has 1 saturated carbocycles. The molecule has 0 bridgehead atoms. The average Bonchev–Trinajstić information content (AvgIpc) is 2.57. The lowest BCUT2D eigenvalue weighted by molar-refractivity contribution is -0.127. The van der Waals surface area contributed by atoms with E-state index in [2.05, 4.69) is 36.4 Å². The first-order valence-corrected chi connectivity index (χ1v) is 9.18. The molecule has 0 aromatic rings. The highest BCUT2D eigenvalue weighted by molar-refractivity contribution is 14.0. The van der Waals surface area contributed by atoms with Crippen molar-refractivity contribution in [2.24, 2.45) is 10.4 Å². The third-order valence-electron chi connectivity index (χ3n) is 4.78. The first-order valence-electron chi connectivity index (χ1n) is 9.18. The van der Waals surface area contributed by atoms with Gasteiger partial charge < -0.3 is 25.0 Å². The number of hydrogen-bond donors (Lipinski definition) is 2. The lowest BCUT2D eigenvalue weighted by Crippen LogP contribution is -2.63. The molecule has 0 saturated heterocycles. The van der Waals surface area contributed by atoms with Crippen LogP contribution in [-0.2, 0) is 14.3 Å². The van der Waals surface area contributed by atoms with E-state index in [0.29, 0.717) is 19.1 Å². The second-order valence-electron chi connectivity index (χ2n) is 7.34. The Balaban J connectivity index is 0.00000625. The van der Waals surface area contributed by atoms with E-state index in [1.807, 2.05) is 0 Å². The number of aliphatic imine (C=N–C) groups is 1. The fraction of sp³-hybridized carbons (Fsp3) is 0.889. The molecule has 7 nitrogen and oxygen atoms in total. The number of carbonyl (C=O) groups is 1. The van der Waals surface area contributed by atoms with Crippen molar-refractivity contribution >= 4 is 35.8 Å². The maximum Gasteiger partial charge on any atom is 0.243 e. The summed E-state index contributed by atoms with van der Waals surface area (Å²) in [7, 11) is 5.13. The second kappa shape index (κ2) is 12.7. The maximum atomic E-state index is 11.8. The molecule has 1 aliphatic rings. The highest BCUT2D eigenvalue weighted by atomic mass is 127. The van der Waals surface area contributed by atoms with Gasteiger partial charge in [-0.1, -0.05) is 27.2 Å². The smallest absolute Gasteiger partial charge is 0.243 e. The van der Waals surface area contributed by atoms with E-state index in [1.165, 1.54) is 0 Å². The first kappa shape index (κ1) is 25.4. The van der Waals surface area contributed by atoms with Crippen molar-refractivity contribution < 1.29 is 14.3 Å². The van der Waals surface area contributed by atoms with Gasteiger partial charge in [0.2, 0.25) is 5.91 Å². The van der Waals surface area contributed by atoms with E-state index in [-0.39, 0.29) is 54.0 Å². The molecule has 2 unspecified atom stereocenters. The summed E-state index contributed by atoms with van der Waals surface area (Å²) in [6.07, 6.45) is 3.46. The Morgan fingerprint density at radius 2 is 2.00 bits per heavy atom. The maximum absolute atomic E-state index is 11.8. The van der Waals surface area contributed by atoms with E-state index in [1.54, 1.807) is 26.1 Å². The van der Waals surface area contributed by atoms with Crippen molar-refractivity contribution in [3.8, 4) is 0 Å². The summed E-state index contributed by atoms with van der Waals surface area (Å²) in [5.41, 5.74) is 0.0308. The van der Waals surface area contributed by atoms with Crippen molar-refractivity contribution in [3.05, 3.63) is 0 Å². The van der Waals surface area contributed by atoms with Crippen LogP contribution in [-0.4, -0.2) is 76.4 Å². The van der Waals surface area contributed by atoms with Crippen molar-refractivity contribution in [1.29, 1.82) is 0 Å². The zero-order valence-corrected chi connectivity index (χ0v) is 19.5. The van der Waals surface area contributed by atoms with E-state index in [0.717, 1.165) is 25.9 Å². The van der Waals surface area contributed by atoms with Crippen molar-refractivity contribution in [2.45, 2.75) is 52.2 Å². The van der Waals surface area contributed by atoms with Gasteiger partial charge in [0.05, 0.1) is 12.7 Å². The van der Waals surface area contributed by atoms with Crippen LogP contribution in [0.4, 0.5) is 0 Å². The van der Waals surface area contributed by atoms with E-state index in [4.69, 9.17) is 9.47 Å². The van der Waals surface area contributed by atoms with Gasteiger partial charge in [-0.05, 0) is 12.8 Å². The lowest BCUT2D eigenvalue weighted by atomic mass is 9.64. The lowest BCUT2D eigenvalue weighted by Gasteiger charge is -2.52. The molecule has 2 atom stereocenters. The Hall–Kier alpha value is -0.610. The zero-order valence-electron chi connectivity index (χ0n) is 17.1. The second-order valence-corrected chi connectivity index (χ2v) is 7.34. The van der Waals surface area contributed by atoms with Crippen LogP contribution in [0.15, 0.2) is 4.99 Å². The number of likely N-dealkylation sites (N-methyl/N-ethyl adjacent to an activating group) is 1. The van der Waals surface area contributed by atoms with E-state index >= 15 is 0 Å². The number of nitrogens with one attached hydrogen (secondary N) is 2. The van der Waals surface area contributed by atoms with Crippen LogP contribution >= 0.6 is 24.0 Å². The standard InChI is InChI=1S/C18H36N4O3.HI/c1-7-8-10-25-15-12-14(18(15,2)3)21-17(19-9-11-24-6)20-13-16(23)22(4)5;/h14-15H,7-13H2,1-6H3,(H2,19,20,21);1H. The summed E-state index contributed by atoms with van der Waals surface area (Å²) in [4.78, 5) is 17.7. The third kappa shape index (κ3) is 7.96. The van der Waals surface area contributed by atoms with Crippen LogP contribution in [0.5, 0.6) is 0 Å². The molecule has 8 heteroatoms. The molecule has 0 heterocycles. The summed E-state index contributed by atoms with van der Waals surface area (Å²) in [6, 6.07) is 0.266. The quantitative estimate of drug-likeness (QED) is 0.214. The van der Waals surface area contributed by atoms with Gasteiger partial charge in [0.25, 0.3) is 0 Å². The molecule has 0 aliphatic heterocycles. The van der Waals surface area contributed by atoms with Gasteiger partial charge in [-0.2, -0.15) is 0 Å². The third-order valence-corrected chi connectivity index (χ3v) is 4.78. The Morgan fingerprint density at radius 3 is 2.54 bits per heavy atom. The Morgan fingerprint density at radius 1 is 1.31 bits per heavy atom. The topological polar surface area (TPSA) is 75.2 Å². The molecule has 0 aromatic heterocycles. The Labute approximate surface area is 175 Å². The number of guanidine groups is 1. The monoisotopic (exact) mass is 484 g/mol. The number of methoxy groups -OCH3 is 1. The predicted octanol–water partition coefficient (Wildman–Crippen LogP) is 1.86. The Bertz CT molecular complexity index is 444. The molecule has 1 fully saturated rings. The molecule has 0 radical (unpaired) electrons. The summed E-state index contributed by atoms with van der Waals surface area (Å²) in [5, 5.41) is 6.67. The summed E-state index contributed by atoms with van der Waals surface area (Å²) < 4.78 is 11.1. The van der Waals surface area contributed by atoms with Gasteiger partial charge in [0, 0.05) is 45.8 Å². The van der Waals surface area contributed by atoms with Crippen LogP contribution in [0.3, 0.4) is 0 Å². The molecule has 2 N–H and O–H groups in total. The molecule has 1 amide bonds. The van der Waals surface area contributed by atoms with Gasteiger partial charge in [0.15, 0.2) is 5.96 Å². The molecular weight excluding hydrogens is 447 g/mol. The molecule has 1 aliphatic carbocycles. The molecule has 0 aromatic carbocycles. The largest absolute Gasteiger partial charge is 0.383 e. The molecule has 154 valence electrons. The van der Waals surface area contributed by atoms with Crippen molar-refractivity contribution in [3.63, 3.8) is 0 Å². The van der Waals surface area contributed by atoms with Gasteiger partial charge in [0.1, 0.15) is 6.54 Å². The summed E-state index contributed by atoms with van der Waals surface area (Å²) in [6.45, 7) is 8.76. The molecular formula is C18H37IN4O3. The van der Waals surface area contributed by atoms with Crippen molar-refractivity contribution in [2.75, 3.05) is 47.5 Å². The van der Waals surface area contributed by atoms with Crippen LogP contribution in [0.2, 0.25) is 0 Å². The Kier molecular flexibility index (Phi) is 12.4. The SMILES string of the molecule is CCCCOC1CC(NC(=NCC(=O)N(C)C)NCCOC)C1(C)C.I. The van der Waals surface area contributed by atoms with Crippen LogP contribution in [0.25, 0.3) is 0 Å². The van der Waals surface area contributed by atoms with Gasteiger partial charge in [-0.25, -0.2) is 4.99 Å². The number of hydrogen-bond acceptors (Lipinski definition) is 4. The van der Waals surface area contributed by atoms with Gasteiger partial charge in [-0.15, -0.1) is 24.0 Å². The van der Waals surface area contributed by atoms with Crippen LogP contribution < -0.4 is 10.6 Å². The molecule has 26 heavy (non-hydrogen) atoms. The molecule has 1 rings (SSSR count). The predicted molar refractivity (Wildman–Crippen MR) is 116 cm³/mol. The highest BCUT2D eigenvalue weighted by Crippen LogP contribution is 2.42. The van der Waals surface area contributed by atoms with E-state index < -0.39 is 0 Å². The minimum Gasteiger partial charge on any atom is -0.383 e. The normalized spacial score (nSPS) is 21.4. The summed E-state index contributed by atoms with van der Waals surface area (Å²) in [5.74, 6) is 0.624. The van der Waals surface area contributed by atoms with Crippen LogP contribution in [0.1, 0.15) is 40.0 Å². The van der Waals surface area contributed by atoms with Crippen molar-refractivity contribution in [1.82, 2.24) is 15.5 Å². The number of ether oxygens (including phenoxy) is 2. The number of amides is 1. The number of unbranched alkanes of at least 4 members (excludes halogenated alkanes) is 1.